The lowest BCUT2D eigenvalue weighted by Crippen LogP contribution is -2.41. The average Bonchev–Trinajstić information content (AvgIpc) is 3.54. The molecule has 0 aromatic carbocycles. The number of carbonyl (C=O) groups is 2. The Labute approximate surface area is 239 Å². The molecule has 0 bridgehead atoms. The second-order valence-electron chi connectivity index (χ2n) is 10.1. The standard InChI is InChI=1S/C28H36N4O5S2/c1-4-6-11-31-24(30-12-9-19(10-13-30)27(35)36-5-2)21(18(3)22(16-29)25(31)33)15-23-26(34)32(28(38)39-23)17-20-8-7-14-37-20/h15,19-20H,4-14,17H2,1-3H3/b23-15-. The zero-order valence-corrected chi connectivity index (χ0v) is 24.5. The van der Waals surface area contributed by atoms with Crippen molar-refractivity contribution >= 4 is 52.1 Å². The summed E-state index contributed by atoms with van der Waals surface area (Å²) >= 11 is 6.80. The van der Waals surface area contributed by atoms with E-state index in [-0.39, 0.29) is 35.0 Å². The molecule has 210 valence electrons. The highest BCUT2D eigenvalue weighted by Gasteiger charge is 2.36. The van der Waals surface area contributed by atoms with Gasteiger partial charge in [0.25, 0.3) is 11.5 Å². The fourth-order valence-electron chi connectivity index (χ4n) is 5.38. The van der Waals surface area contributed by atoms with Crippen LogP contribution in [-0.2, 0) is 25.6 Å². The molecule has 0 N–H and O–H groups in total. The highest BCUT2D eigenvalue weighted by molar-refractivity contribution is 8.26. The number of pyridine rings is 1. The molecule has 1 atom stereocenters. The van der Waals surface area contributed by atoms with E-state index in [1.54, 1.807) is 29.4 Å². The summed E-state index contributed by atoms with van der Waals surface area (Å²) < 4.78 is 13.1. The number of aromatic nitrogens is 1. The quantitative estimate of drug-likeness (QED) is 0.247. The number of nitriles is 1. The summed E-state index contributed by atoms with van der Waals surface area (Å²) in [6.45, 7) is 8.65. The summed E-state index contributed by atoms with van der Waals surface area (Å²) in [6, 6.07) is 2.10. The van der Waals surface area contributed by atoms with E-state index in [0.717, 1.165) is 25.7 Å². The van der Waals surface area contributed by atoms with Crippen LogP contribution in [0.25, 0.3) is 6.08 Å². The van der Waals surface area contributed by atoms with Crippen molar-refractivity contribution in [1.82, 2.24) is 9.47 Å². The van der Waals surface area contributed by atoms with Crippen LogP contribution in [-0.4, -0.2) is 64.6 Å². The van der Waals surface area contributed by atoms with E-state index in [1.165, 1.54) is 11.8 Å². The van der Waals surface area contributed by atoms with Gasteiger partial charge in [0.15, 0.2) is 0 Å². The van der Waals surface area contributed by atoms with Crippen LogP contribution in [0.1, 0.15) is 69.1 Å². The number of unbranched alkanes of at least 4 members (excludes halogenated alkanes) is 1. The molecule has 3 aliphatic rings. The molecule has 3 fully saturated rings. The number of nitrogens with zero attached hydrogens (tertiary/aromatic N) is 4. The van der Waals surface area contributed by atoms with E-state index in [9.17, 15) is 19.6 Å². The first kappa shape index (κ1) is 29.3. The molecule has 3 aliphatic heterocycles. The number of carbonyl (C=O) groups excluding carboxylic acids is 2. The number of esters is 1. The van der Waals surface area contributed by atoms with Gasteiger partial charge in [0.1, 0.15) is 21.8 Å². The molecule has 4 rings (SSSR count). The van der Waals surface area contributed by atoms with Crippen molar-refractivity contribution in [2.45, 2.75) is 71.9 Å². The third kappa shape index (κ3) is 6.23. The number of ether oxygens (including phenoxy) is 2. The minimum atomic E-state index is -0.325. The number of amides is 1. The first-order valence-corrected chi connectivity index (χ1v) is 15.0. The molecular formula is C28H36N4O5S2. The molecule has 4 heterocycles. The summed E-state index contributed by atoms with van der Waals surface area (Å²) in [7, 11) is 0. The van der Waals surface area contributed by atoms with Gasteiger partial charge < -0.3 is 14.4 Å². The SMILES string of the molecule is CCCCn1c(N2CCC(C(=O)OCC)CC2)c(/C=C2\SC(=S)N(CC3CCCO3)C2=O)c(C)c(C#N)c1=O. The number of piperidine rings is 1. The molecule has 39 heavy (non-hydrogen) atoms. The number of thioether (sulfide) groups is 1. The molecule has 0 spiro atoms. The Kier molecular flexibility index (Phi) is 9.86. The van der Waals surface area contributed by atoms with Gasteiger partial charge >= 0.3 is 5.97 Å². The van der Waals surface area contributed by atoms with Crippen molar-refractivity contribution in [3.63, 3.8) is 0 Å². The minimum absolute atomic E-state index is 0.0222. The molecule has 11 heteroatoms. The molecular weight excluding hydrogens is 536 g/mol. The van der Waals surface area contributed by atoms with Gasteiger partial charge in [-0.2, -0.15) is 5.26 Å². The van der Waals surface area contributed by atoms with Crippen molar-refractivity contribution in [2.75, 3.05) is 37.7 Å². The molecule has 1 unspecified atom stereocenters. The first-order valence-electron chi connectivity index (χ1n) is 13.8. The second-order valence-corrected chi connectivity index (χ2v) is 11.8. The molecule has 0 saturated carbocycles. The molecule has 1 aromatic rings. The van der Waals surface area contributed by atoms with E-state index in [2.05, 4.69) is 17.9 Å². The third-order valence-corrected chi connectivity index (χ3v) is 8.93. The Bertz CT molecular complexity index is 1250. The topological polar surface area (TPSA) is 105 Å². The summed E-state index contributed by atoms with van der Waals surface area (Å²) in [4.78, 5) is 43.5. The van der Waals surface area contributed by atoms with Gasteiger partial charge in [-0.25, -0.2) is 0 Å². The van der Waals surface area contributed by atoms with E-state index in [0.29, 0.717) is 78.4 Å². The smallest absolute Gasteiger partial charge is 0.309 e. The van der Waals surface area contributed by atoms with Gasteiger partial charge in [0.2, 0.25) is 0 Å². The lowest BCUT2D eigenvalue weighted by atomic mass is 9.95. The average molecular weight is 573 g/mol. The number of hydrogen-bond donors (Lipinski definition) is 0. The molecule has 0 radical (unpaired) electrons. The number of rotatable bonds is 9. The normalized spacial score (nSPS) is 21.2. The van der Waals surface area contributed by atoms with Crippen LogP contribution in [0.4, 0.5) is 5.82 Å². The highest BCUT2D eigenvalue weighted by Crippen LogP contribution is 2.37. The predicted octanol–water partition coefficient (Wildman–Crippen LogP) is 3.99. The number of anilines is 1. The van der Waals surface area contributed by atoms with Gasteiger partial charge in [-0.3, -0.25) is 23.9 Å². The summed E-state index contributed by atoms with van der Waals surface area (Å²) in [5.41, 5.74) is 0.975. The van der Waals surface area contributed by atoms with Crippen molar-refractivity contribution in [1.29, 1.82) is 5.26 Å². The van der Waals surface area contributed by atoms with Crippen molar-refractivity contribution in [3.05, 3.63) is 31.9 Å². The van der Waals surface area contributed by atoms with Gasteiger partial charge in [-0.15, -0.1) is 0 Å². The maximum atomic E-state index is 13.5. The summed E-state index contributed by atoms with van der Waals surface area (Å²) in [5, 5.41) is 9.91. The Morgan fingerprint density at radius 2 is 2.00 bits per heavy atom. The largest absolute Gasteiger partial charge is 0.466 e. The van der Waals surface area contributed by atoms with Gasteiger partial charge in [-0.1, -0.05) is 37.3 Å². The van der Waals surface area contributed by atoms with Crippen LogP contribution in [0, 0.1) is 24.2 Å². The number of hydrogen-bond acceptors (Lipinski definition) is 9. The van der Waals surface area contributed by atoms with E-state index >= 15 is 0 Å². The number of thiocarbonyl (C=S) groups is 1. The third-order valence-electron chi connectivity index (χ3n) is 7.56. The van der Waals surface area contributed by atoms with Crippen molar-refractivity contribution in [3.8, 4) is 6.07 Å². The van der Waals surface area contributed by atoms with Gasteiger partial charge in [0, 0.05) is 31.8 Å². The van der Waals surface area contributed by atoms with E-state index < -0.39 is 0 Å². The first-order chi connectivity index (χ1) is 18.8. The zero-order chi connectivity index (χ0) is 28.1. The Balaban J connectivity index is 1.75. The molecule has 1 aromatic heterocycles. The van der Waals surface area contributed by atoms with Gasteiger partial charge in [-0.05, 0) is 57.6 Å². The second kappa shape index (κ2) is 13.1. The molecule has 0 aliphatic carbocycles. The Morgan fingerprint density at radius 3 is 2.62 bits per heavy atom. The zero-order valence-electron chi connectivity index (χ0n) is 22.9. The van der Waals surface area contributed by atoms with Crippen LogP contribution in [0.5, 0.6) is 0 Å². The van der Waals surface area contributed by atoms with Crippen LogP contribution < -0.4 is 10.5 Å². The molecule has 1 amide bonds. The fourth-order valence-corrected chi connectivity index (χ4v) is 6.63. The Hall–Kier alpha value is -2.68. The predicted molar refractivity (Wildman–Crippen MR) is 155 cm³/mol. The van der Waals surface area contributed by atoms with Crippen LogP contribution in [0.15, 0.2) is 9.70 Å². The highest BCUT2D eigenvalue weighted by atomic mass is 32.2. The Morgan fingerprint density at radius 1 is 1.26 bits per heavy atom. The van der Waals surface area contributed by atoms with Crippen LogP contribution >= 0.6 is 24.0 Å². The van der Waals surface area contributed by atoms with Crippen molar-refractivity contribution < 1.29 is 19.1 Å². The van der Waals surface area contributed by atoms with Crippen LogP contribution in [0.3, 0.4) is 0 Å². The van der Waals surface area contributed by atoms with E-state index in [1.807, 2.05) is 0 Å². The monoisotopic (exact) mass is 572 g/mol. The van der Waals surface area contributed by atoms with Crippen LogP contribution in [0.2, 0.25) is 0 Å². The maximum absolute atomic E-state index is 13.5. The summed E-state index contributed by atoms with van der Waals surface area (Å²) in [6.07, 6.45) is 6.49. The lowest BCUT2D eigenvalue weighted by molar-refractivity contribution is -0.148. The van der Waals surface area contributed by atoms with Gasteiger partial charge in [0.05, 0.1) is 30.1 Å². The maximum Gasteiger partial charge on any atom is 0.309 e. The lowest BCUT2D eigenvalue weighted by Gasteiger charge is -2.35. The fraction of sp³-hybridized carbons (Fsp3) is 0.607. The molecule has 3 saturated heterocycles. The summed E-state index contributed by atoms with van der Waals surface area (Å²) in [5.74, 6) is 0.133. The van der Waals surface area contributed by atoms with E-state index in [4.69, 9.17) is 21.7 Å². The molecule has 9 nitrogen and oxygen atoms in total. The van der Waals surface area contributed by atoms with Crippen molar-refractivity contribution in [2.24, 2.45) is 5.92 Å². The minimum Gasteiger partial charge on any atom is -0.466 e.